The normalized spacial score (nSPS) is 14.3. The number of aliphatic hydroxyl groups excluding tert-OH is 1. The number of rotatable bonds is 9. The maximum Gasteiger partial charge on any atom is 0.120 e. The van der Waals surface area contributed by atoms with Gasteiger partial charge in [0.2, 0.25) is 0 Å². The SMILES string of the molecule is CCCCCCC(O)C(C)[Si](C)(c1ccccc1)c1ccccc1. The Kier molecular flexibility index (Phi) is 7.26. The third-order valence-electron chi connectivity index (χ3n) is 5.59. The van der Waals surface area contributed by atoms with Gasteiger partial charge in [-0.05, 0) is 12.0 Å². The lowest BCUT2D eigenvalue weighted by atomic mass is 10.1. The highest BCUT2D eigenvalue weighted by atomic mass is 28.3. The first-order valence-corrected chi connectivity index (χ1v) is 12.0. The Bertz CT molecular complexity index is 542. The highest BCUT2D eigenvalue weighted by Crippen LogP contribution is 2.28. The molecule has 2 atom stereocenters. The smallest absolute Gasteiger partial charge is 0.120 e. The summed E-state index contributed by atoms with van der Waals surface area (Å²) in [5.74, 6) is 0. The molecule has 0 aromatic heterocycles. The summed E-state index contributed by atoms with van der Waals surface area (Å²) in [7, 11) is -1.99. The van der Waals surface area contributed by atoms with Gasteiger partial charge in [-0.3, -0.25) is 0 Å². The fraction of sp³-hybridized carbons (Fsp3) is 0.455. The zero-order chi connectivity index (χ0) is 17.4. The molecular weight excluding hydrogens is 308 g/mol. The lowest BCUT2D eigenvalue weighted by Crippen LogP contribution is -2.60. The molecule has 2 unspecified atom stereocenters. The van der Waals surface area contributed by atoms with Crippen LogP contribution in [-0.4, -0.2) is 19.3 Å². The average Bonchev–Trinajstić information content (AvgIpc) is 2.65. The van der Waals surface area contributed by atoms with Crippen molar-refractivity contribution in [2.24, 2.45) is 0 Å². The van der Waals surface area contributed by atoms with Crippen LogP contribution in [0.3, 0.4) is 0 Å². The monoisotopic (exact) mass is 340 g/mol. The molecule has 0 saturated carbocycles. The molecule has 2 rings (SSSR count). The first-order valence-electron chi connectivity index (χ1n) is 9.39. The van der Waals surface area contributed by atoms with E-state index in [0.29, 0.717) is 5.54 Å². The van der Waals surface area contributed by atoms with Crippen molar-refractivity contribution in [3.63, 3.8) is 0 Å². The van der Waals surface area contributed by atoms with Crippen LogP contribution in [0.1, 0.15) is 46.0 Å². The standard InChI is InChI=1S/C22H32OSi/c1-4-5-6-13-18-22(23)19(2)24(3,20-14-9-7-10-15-20)21-16-11-8-12-17-21/h7-12,14-17,19,22-23H,4-6,13,18H2,1-3H3. The van der Waals surface area contributed by atoms with E-state index in [9.17, 15) is 5.11 Å². The van der Waals surface area contributed by atoms with Gasteiger partial charge in [0, 0.05) is 0 Å². The Morgan fingerprint density at radius 2 is 1.33 bits per heavy atom. The summed E-state index contributed by atoms with van der Waals surface area (Å²) in [6.45, 7) is 6.90. The summed E-state index contributed by atoms with van der Waals surface area (Å²) < 4.78 is 0. The van der Waals surface area contributed by atoms with Gasteiger partial charge in [0.05, 0.1) is 6.10 Å². The van der Waals surface area contributed by atoms with Crippen LogP contribution in [0.2, 0.25) is 12.1 Å². The van der Waals surface area contributed by atoms with Crippen LogP contribution in [0, 0.1) is 0 Å². The van der Waals surface area contributed by atoms with Crippen LogP contribution >= 0.6 is 0 Å². The van der Waals surface area contributed by atoms with Gasteiger partial charge in [-0.1, -0.05) is 117 Å². The lowest BCUT2D eigenvalue weighted by Gasteiger charge is -2.37. The molecule has 0 aliphatic heterocycles. The van der Waals surface area contributed by atoms with E-state index >= 15 is 0 Å². The topological polar surface area (TPSA) is 20.2 Å². The zero-order valence-corrected chi connectivity index (χ0v) is 16.4. The van der Waals surface area contributed by atoms with Gasteiger partial charge >= 0.3 is 0 Å². The molecule has 0 bridgehead atoms. The van der Waals surface area contributed by atoms with Crippen molar-refractivity contribution in [3.8, 4) is 0 Å². The predicted molar refractivity (Wildman–Crippen MR) is 108 cm³/mol. The largest absolute Gasteiger partial charge is 0.393 e. The Labute approximate surface area is 148 Å². The second-order valence-corrected chi connectivity index (χ2v) is 11.6. The molecule has 1 N–H and O–H groups in total. The molecule has 24 heavy (non-hydrogen) atoms. The van der Waals surface area contributed by atoms with E-state index in [1.165, 1.54) is 29.6 Å². The molecule has 0 radical (unpaired) electrons. The summed E-state index contributed by atoms with van der Waals surface area (Å²) in [5.41, 5.74) is 0.295. The Morgan fingerprint density at radius 3 is 1.79 bits per heavy atom. The maximum absolute atomic E-state index is 10.9. The molecule has 0 aliphatic rings. The van der Waals surface area contributed by atoms with E-state index in [-0.39, 0.29) is 6.10 Å². The molecule has 2 aromatic carbocycles. The number of aliphatic hydroxyl groups is 1. The van der Waals surface area contributed by atoms with E-state index in [1.54, 1.807) is 0 Å². The number of unbranched alkanes of at least 4 members (excludes halogenated alkanes) is 3. The molecule has 0 amide bonds. The minimum Gasteiger partial charge on any atom is -0.393 e. The van der Waals surface area contributed by atoms with Crippen LogP contribution < -0.4 is 10.4 Å². The van der Waals surface area contributed by atoms with Crippen LogP contribution in [0.25, 0.3) is 0 Å². The fourth-order valence-corrected chi connectivity index (χ4v) is 7.77. The van der Waals surface area contributed by atoms with Gasteiger partial charge in [0.15, 0.2) is 0 Å². The maximum atomic E-state index is 10.9. The van der Waals surface area contributed by atoms with Gasteiger partial charge in [0.25, 0.3) is 0 Å². The van der Waals surface area contributed by atoms with Crippen LogP contribution in [-0.2, 0) is 0 Å². The van der Waals surface area contributed by atoms with Crippen molar-refractivity contribution >= 4 is 18.4 Å². The van der Waals surface area contributed by atoms with Crippen molar-refractivity contribution < 1.29 is 5.11 Å². The summed E-state index contributed by atoms with van der Waals surface area (Å²) >= 11 is 0. The van der Waals surface area contributed by atoms with Crippen LogP contribution in [0.15, 0.2) is 60.7 Å². The third kappa shape index (κ3) is 4.37. The van der Waals surface area contributed by atoms with Crippen molar-refractivity contribution in [1.29, 1.82) is 0 Å². The van der Waals surface area contributed by atoms with Gasteiger partial charge < -0.3 is 5.11 Å². The van der Waals surface area contributed by atoms with Crippen LogP contribution in [0.5, 0.6) is 0 Å². The summed E-state index contributed by atoms with van der Waals surface area (Å²) in [6.07, 6.45) is 5.57. The molecular formula is C22H32OSi. The van der Waals surface area contributed by atoms with Crippen molar-refractivity contribution in [1.82, 2.24) is 0 Å². The predicted octanol–water partition coefficient (Wildman–Crippen LogP) is 4.60. The molecule has 2 heteroatoms. The first kappa shape index (κ1) is 18.9. The molecule has 0 fully saturated rings. The van der Waals surface area contributed by atoms with Gasteiger partial charge in [0.1, 0.15) is 8.07 Å². The molecule has 2 aromatic rings. The molecule has 1 nitrogen and oxygen atoms in total. The molecule has 0 aliphatic carbocycles. The molecule has 0 spiro atoms. The molecule has 0 heterocycles. The quantitative estimate of drug-likeness (QED) is 0.522. The second kappa shape index (κ2) is 9.19. The summed E-state index contributed by atoms with van der Waals surface area (Å²) in [5, 5.41) is 13.7. The number of hydrogen-bond acceptors (Lipinski definition) is 1. The van der Waals surface area contributed by atoms with Gasteiger partial charge in [-0.2, -0.15) is 0 Å². The first-order chi connectivity index (χ1) is 11.6. The minimum absolute atomic E-state index is 0.223. The Morgan fingerprint density at radius 1 is 0.833 bits per heavy atom. The van der Waals surface area contributed by atoms with Gasteiger partial charge in [-0.15, -0.1) is 0 Å². The van der Waals surface area contributed by atoms with E-state index < -0.39 is 8.07 Å². The van der Waals surface area contributed by atoms with E-state index in [2.05, 4.69) is 81.1 Å². The highest BCUT2D eigenvalue weighted by molar-refractivity contribution is 7.02. The Balaban J connectivity index is 2.26. The fourth-order valence-electron chi connectivity index (χ4n) is 3.68. The molecule has 130 valence electrons. The minimum atomic E-state index is -1.99. The van der Waals surface area contributed by atoms with E-state index in [4.69, 9.17) is 0 Å². The zero-order valence-electron chi connectivity index (χ0n) is 15.4. The third-order valence-corrected chi connectivity index (χ3v) is 10.9. The number of hydrogen-bond donors (Lipinski definition) is 1. The van der Waals surface area contributed by atoms with Crippen molar-refractivity contribution in [2.75, 3.05) is 0 Å². The molecule has 0 saturated heterocycles. The van der Waals surface area contributed by atoms with Gasteiger partial charge in [-0.25, -0.2) is 0 Å². The average molecular weight is 341 g/mol. The summed E-state index contributed by atoms with van der Waals surface area (Å²) in [6, 6.07) is 21.7. The van der Waals surface area contributed by atoms with Crippen molar-refractivity contribution in [3.05, 3.63) is 60.7 Å². The van der Waals surface area contributed by atoms with E-state index in [1.807, 2.05) is 0 Å². The Hall–Kier alpha value is -1.38. The van der Waals surface area contributed by atoms with Crippen LogP contribution in [0.4, 0.5) is 0 Å². The highest BCUT2D eigenvalue weighted by Gasteiger charge is 2.40. The van der Waals surface area contributed by atoms with E-state index in [0.717, 1.165) is 12.8 Å². The lowest BCUT2D eigenvalue weighted by molar-refractivity contribution is 0.154. The second-order valence-electron chi connectivity index (χ2n) is 7.14. The van der Waals surface area contributed by atoms with Crippen molar-refractivity contribution in [2.45, 2.75) is 64.1 Å². The summed E-state index contributed by atoms with van der Waals surface area (Å²) in [4.78, 5) is 0. The number of benzene rings is 2.